The number of nitrogens with zero attached hydrogens (tertiary/aromatic N) is 2. The lowest BCUT2D eigenvalue weighted by Crippen LogP contribution is -2.19. The van der Waals surface area contributed by atoms with Gasteiger partial charge >= 0.3 is 0 Å². The second kappa shape index (κ2) is 7.77. The molecule has 1 heterocycles. The fourth-order valence-corrected chi connectivity index (χ4v) is 2.43. The van der Waals surface area contributed by atoms with Gasteiger partial charge in [0.15, 0.2) is 5.78 Å². The summed E-state index contributed by atoms with van der Waals surface area (Å²) >= 11 is 0. The normalized spacial score (nSPS) is 10.7. The third-order valence-electron chi connectivity index (χ3n) is 3.56. The summed E-state index contributed by atoms with van der Waals surface area (Å²) in [5.74, 6) is 1.45. The van der Waals surface area contributed by atoms with Crippen molar-refractivity contribution in [2.45, 2.75) is 33.7 Å². The Hall–Kier alpha value is -2.63. The number of amides is 1. The third-order valence-corrected chi connectivity index (χ3v) is 3.56. The average Bonchev–Trinajstić information content (AvgIpc) is 2.93. The fourth-order valence-electron chi connectivity index (χ4n) is 2.43. The molecule has 6 nitrogen and oxygen atoms in total. The van der Waals surface area contributed by atoms with Gasteiger partial charge in [-0.2, -0.15) is 5.10 Å². The molecule has 0 atom stereocenters. The van der Waals surface area contributed by atoms with Gasteiger partial charge in [0.2, 0.25) is 5.91 Å². The van der Waals surface area contributed by atoms with Crippen molar-refractivity contribution in [1.29, 1.82) is 0 Å². The van der Waals surface area contributed by atoms with Crippen molar-refractivity contribution in [3.05, 3.63) is 41.6 Å². The second-order valence-electron chi connectivity index (χ2n) is 6.10. The molecule has 6 heteroatoms. The Kier molecular flexibility index (Phi) is 5.73. The number of methoxy groups -OCH3 is 1. The summed E-state index contributed by atoms with van der Waals surface area (Å²) in [6, 6.07) is 6.87. The van der Waals surface area contributed by atoms with Crippen molar-refractivity contribution < 1.29 is 14.3 Å². The van der Waals surface area contributed by atoms with E-state index in [-0.39, 0.29) is 18.1 Å². The van der Waals surface area contributed by atoms with Crippen LogP contribution in [0.5, 0.6) is 5.75 Å². The molecule has 2 aromatic rings. The monoisotopic (exact) mass is 329 g/mol. The quantitative estimate of drug-likeness (QED) is 0.793. The molecule has 0 aliphatic carbocycles. The predicted molar refractivity (Wildman–Crippen MR) is 92.4 cm³/mol. The van der Waals surface area contributed by atoms with E-state index >= 15 is 0 Å². The van der Waals surface area contributed by atoms with Crippen LogP contribution in [0, 0.1) is 5.92 Å². The van der Waals surface area contributed by atoms with Gasteiger partial charge in [-0.3, -0.25) is 9.59 Å². The molecule has 0 spiro atoms. The summed E-state index contributed by atoms with van der Waals surface area (Å²) in [5.41, 5.74) is 1.24. The molecule has 0 saturated carbocycles. The minimum absolute atomic E-state index is 0.0469. The number of carbonyl (C=O) groups excluding carboxylic acids is 2. The van der Waals surface area contributed by atoms with Gasteiger partial charge in [0.05, 0.1) is 19.7 Å². The number of rotatable bonds is 7. The highest BCUT2D eigenvalue weighted by atomic mass is 16.5. The standard InChI is InChI=1S/C18H23N3O3/c1-12(2)11-21-17(7-8-19-21)20-18(23)10-15-9-14(13(3)22)5-6-16(15)24-4/h5-9,12H,10-11H2,1-4H3,(H,20,23). The second-order valence-corrected chi connectivity index (χ2v) is 6.10. The Morgan fingerprint density at radius 1 is 1.29 bits per heavy atom. The highest BCUT2D eigenvalue weighted by Gasteiger charge is 2.13. The average molecular weight is 329 g/mol. The van der Waals surface area contributed by atoms with Gasteiger partial charge in [-0.1, -0.05) is 13.8 Å². The highest BCUT2D eigenvalue weighted by molar-refractivity contribution is 5.96. The van der Waals surface area contributed by atoms with Gasteiger partial charge in [0.1, 0.15) is 11.6 Å². The zero-order chi connectivity index (χ0) is 17.7. The Bertz CT molecular complexity index is 735. The molecule has 0 saturated heterocycles. The molecule has 0 aliphatic rings. The topological polar surface area (TPSA) is 73.2 Å². The maximum atomic E-state index is 12.4. The minimum atomic E-state index is -0.181. The lowest BCUT2D eigenvalue weighted by atomic mass is 10.0. The summed E-state index contributed by atoms with van der Waals surface area (Å²) in [7, 11) is 1.54. The van der Waals surface area contributed by atoms with Crippen LogP contribution in [-0.2, 0) is 17.8 Å². The molecule has 1 amide bonds. The van der Waals surface area contributed by atoms with E-state index in [0.717, 1.165) is 6.54 Å². The zero-order valence-corrected chi connectivity index (χ0v) is 14.5. The van der Waals surface area contributed by atoms with Crippen molar-refractivity contribution in [2.24, 2.45) is 5.92 Å². The Balaban J connectivity index is 2.14. The number of ketones is 1. The number of ether oxygens (including phenoxy) is 1. The molecule has 1 N–H and O–H groups in total. The number of hydrogen-bond acceptors (Lipinski definition) is 4. The number of carbonyl (C=O) groups is 2. The molecule has 128 valence electrons. The van der Waals surface area contributed by atoms with E-state index in [1.807, 2.05) is 0 Å². The van der Waals surface area contributed by atoms with E-state index in [0.29, 0.717) is 28.6 Å². The Morgan fingerprint density at radius 3 is 2.67 bits per heavy atom. The molecule has 0 fully saturated rings. The summed E-state index contributed by atoms with van der Waals surface area (Å²) in [6.07, 6.45) is 1.78. The van der Waals surface area contributed by atoms with E-state index < -0.39 is 0 Å². The van der Waals surface area contributed by atoms with Gasteiger partial charge in [0.25, 0.3) is 0 Å². The number of Topliss-reactive ketones (excluding diaryl/α,β-unsaturated/α-hetero) is 1. The molecule has 24 heavy (non-hydrogen) atoms. The van der Waals surface area contributed by atoms with Crippen LogP contribution in [0.4, 0.5) is 5.82 Å². The first-order chi connectivity index (χ1) is 11.4. The smallest absolute Gasteiger partial charge is 0.230 e. The van der Waals surface area contributed by atoms with E-state index in [4.69, 9.17) is 4.74 Å². The van der Waals surface area contributed by atoms with Gasteiger partial charge in [-0.05, 0) is 31.0 Å². The van der Waals surface area contributed by atoms with E-state index in [1.54, 1.807) is 42.3 Å². The maximum Gasteiger partial charge on any atom is 0.230 e. The third kappa shape index (κ3) is 4.44. The van der Waals surface area contributed by atoms with Crippen molar-refractivity contribution >= 4 is 17.5 Å². The maximum absolute atomic E-state index is 12.4. The molecule has 0 aliphatic heterocycles. The first-order valence-electron chi connectivity index (χ1n) is 7.90. The molecule has 2 rings (SSSR count). The Labute approximate surface area is 141 Å². The van der Waals surface area contributed by atoms with Crippen molar-refractivity contribution in [3.8, 4) is 5.75 Å². The first kappa shape index (κ1) is 17.7. The van der Waals surface area contributed by atoms with Crippen LogP contribution in [0.3, 0.4) is 0 Å². The Morgan fingerprint density at radius 2 is 2.04 bits per heavy atom. The summed E-state index contributed by atoms with van der Waals surface area (Å²) in [4.78, 5) is 23.9. The van der Waals surface area contributed by atoms with E-state index in [2.05, 4.69) is 24.3 Å². The van der Waals surface area contributed by atoms with Crippen LogP contribution < -0.4 is 10.1 Å². The minimum Gasteiger partial charge on any atom is -0.496 e. The molecule has 0 bridgehead atoms. The van der Waals surface area contributed by atoms with Crippen LogP contribution in [0.1, 0.15) is 36.7 Å². The van der Waals surface area contributed by atoms with Crippen molar-refractivity contribution in [3.63, 3.8) is 0 Å². The number of anilines is 1. The predicted octanol–water partition coefficient (Wildman–Crippen LogP) is 2.93. The summed E-state index contributed by atoms with van der Waals surface area (Å²) in [6.45, 7) is 6.40. The van der Waals surface area contributed by atoms with Crippen LogP contribution in [-0.4, -0.2) is 28.6 Å². The molecular formula is C18H23N3O3. The summed E-state index contributed by atoms with van der Waals surface area (Å²) < 4.78 is 7.05. The van der Waals surface area contributed by atoms with Crippen LogP contribution in [0.2, 0.25) is 0 Å². The van der Waals surface area contributed by atoms with Crippen LogP contribution in [0.15, 0.2) is 30.5 Å². The lowest BCUT2D eigenvalue weighted by molar-refractivity contribution is -0.115. The zero-order valence-electron chi connectivity index (χ0n) is 14.5. The largest absolute Gasteiger partial charge is 0.496 e. The fraction of sp³-hybridized carbons (Fsp3) is 0.389. The van der Waals surface area contributed by atoms with Crippen LogP contribution in [0.25, 0.3) is 0 Å². The molecular weight excluding hydrogens is 306 g/mol. The first-order valence-corrected chi connectivity index (χ1v) is 7.90. The molecule has 0 radical (unpaired) electrons. The highest BCUT2D eigenvalue weighted by Crippen LogP contribution is 2.21. The van der Waals surface area contributed by atoms with Gasteiger partial charge < -0.3 is 10.1 Å². The molecule has 1 aromatic carbocycles. The SMILES string of the molecule is COc1ccc(C(C)=O)cc1CC(=O)Nc1ccnn1CC(C)C. The van der Waals surface area contributed by atoms with E-state index in [9.17, 15) is 9.59 Å². The molecule has 1 aromatic heterocycles. The number of hydrogen-bond donors (Lipinski definition) is 1. The van der Waals surface area contributed by atoms with Crippen molar-refractivity contribution in [1.82, 2.24) is 9.78 Å². The van der Waals surface area contributed by atoms with Gasteiger partial charge in [-0.25, -0.2) is 4.68 Å². The van der Waals surface area contributed by atoms with E-state index in [1.165, 1.54) is 6.92 Å². The summed E-state index contributed by atoms with van der Waals surface area (Å²) in [5, 5.41) is 7.09. The number of nitrogens with one attached hydrogen (secondary N) is 1. The van der Waals surface area contributed by atoms with Crippen molar-refractivity contribution in [2.75, 3.05) is 12.4 Å². The van der Waals surface area contributed by atoms with Crippen LogP contribution >= 0.6 is 0 Å². The van der Waals surface area contributed by atoms with Gasteiger partial charge in [-0.15, -0.1) is 0 Å². The lowest BCUT2D eigenvalue weighted by Gasteiger charge is -2.12. The number of benzene rings is 1. The molecule has 0 unspecified atom stereocenters. The number of aromatic nitrogens is 2. The van der Waals surface area contributed by atoms with Gasteiger partial charge in [0, 0.05) is 23.7 Å².